The highest BCUT2D eigenvalue weighted by Crippen LogP contribution is 2.57. The fourth-order valence-corrected chi connectivity index (χ4v) is 8.32. The van der Waals surface area contributed by atoms with Gasteiger partial charge in [0.15, 0.2) is 0 Å². The second kappa shape index (κ2) is 10.7. The first-order valence-electron chi connectivity index (χ1n) is 13.5. The molecular formula is C27H44O4. The van der Waals surface area contributed by atoms with Crippen molar-refractivity contribution >= 4 is 11.9 Å². The van der Waals surface area contributed by atoms with Crippen LogP contribution in [0, 0.1) is 47.3 Å². The maximum absolute atomic E-state index is 11.7. The van der Waals surface area contributed by atoms with Crippen LogP contribution in [0.3, 0.4) is 0 Å². The lowest BCUT2D eigenvalue weighted by Gasteiger charge is -2.40. The Balaban J connectivity index is 1.41. The van der Waals surface area contributed by atoms with Crippen molar-refractivity contribution in [2.24, 2.45) is 47.3 Å². The van der Waals surface area contributed by atoms with Crippen LogP contribution in [0.15, 0.2) is 0 Å². The third kappa shape index (κ3) is 5.85. The van der Waals surface area contributed by atoms with Gasteiger partial charge in [-0.05, 0) is 86.4 Å². The van der Waals surface area contributed by atoms with Crippen molar-refractivity contribution < 1.29 is 19.8 Å². The molecule has 0 aliphatic heterocycles. The number of fused-ring (bicyclic) bond motifs is 1. The van der Waals surface area contributed by atoms with Gasteiger partial charge in [0.2, 0.25) is 0 Å². The monoisotopic (exact) mass is 432 g/mol. The molecule has 2 N–H and O–H groups in total. The minimum atomic E-state index is -0.651. The summed E-state index contributed by atoms with van der Waals surface area (Å²) in [6, 6.07) is 0. The molecule has 6 unspecified atom stereocenters. The van der Waals surface area contributed by atoms with E-state index in [4.69, 9.17) is 5.11 Å². The number of rotatable bonds is 8. The van der Waals surface area contributed by atoms with Gasteiger partial charge in [0, 0.05) is 6.42 Å². The number of carboxylic acids is 2. The maximum Gasteiger partial charge on any atom is 0.306 e. The summed E-state index contributed by atoms with van der Waals surface area (Å²) in [5, 5.41) is 18.7. The molecule has 4 heteroatoms. The molecule has 4 aliphatic rings. The van der Waals surface area contributed by atoms with Gasteiger partial charge < -0.3 is 10.2 Å². The molecule has 4 rings (SSSR count). The van der Waals surface area contributed by atoms with Gasteiger partial charge in [0.25, 0.3) is 0 Å². The second-order valence-electron chi connectivity index (χ2n) is 11.6. The summed E-state index contributed by atoms with van der Waals surface area (Å²) >= 11 is 0. The molecule has 7 atom stereocenters. The summed E-state index contributed by atoms with van der Waals surface area (Å²) < 4.78 is 0. The molecule has 0 heterocycles. The van der Waals surface area contributed by atoms with E-state index in [0.29, 0.717) is 18.3 Å². The minimum Gasteiger partial charge on any atom is -0.481 e. The molecule has 31 heavy (non-hydrogen) atoms. The van der Waals surface area contributed by atoms with Gasteiger partial charge in [0.05, 0.1) is 5.92 Å². The average Bonchev–Trinajstić information content (AvgIpc) is 3.15. The summed E-state index contributed by atoms with van der Waals surface area (Å²) in [4.78, 5) is 22.8. The SMILES string of the molecule is O=C(O)CCC1CCC2C(C1)C(CCC1CCCCC1)C[C@@H]2C1CCCC(C(=O)O)C1. The number of hydrogen-bond donors (Lipinski definition) is 2. The lowest BCUT2D eigenvalue weighted by atomic mass is 9.65. The van der Waals surface area contributed by atoms with Crippen LogP contribution >= 0.6 is 0 Å². The van der Waals surface area contributed by atoms with E-state index in [0.717, 1.165) is 55.3 Å². The molecule has 0 aromatic carbocycles. The van der Waals surface area contributed by atoms with E-state index in [-0.39, 0.29) is 5.92 Å². The molecule has 176 valence electrons. The van der Waals surface area contributed by atoms with Crippen LogP contribution in [0.4, 0.5) is 0 Å². The highest BCUT2D eigenvalue weighted by molar-refractivity contribution is 5.70. The second-order valence-corrected chi connectivity index (χ2v) is 11.6. The Morgan fingerprint density at radius 1 is 0.645 bits per heavy atom. The Morgan fingerprint density at radius 3 is 2.19 bits per heavy atom. The van der Waals surface area contributed by atoms with E-state index < -0.39 is 11.9 Å². The predicted molar refractivity (Wildman–Crippen MR) is 122 cm³/mol. The zero-order chi connectivity index (χ0) is 21.8. The highest BCUT2D eigenvalue weighted by Gasteiger charge is 2.49. The van der Waals surface area contributed by atoms with Gasteiger partial charge in [-0.25, -0.2) is 0 Å². The van der Waals surface area contributed by atoms with E-state index in [1.807, 2.05) is 0 Å². The fourth-order valence-electron chi connectivity index (χ4n) is 8.32. The molecule has 0 bridgehead atoms. The smallest absolute Gasteiger partial charge is 0.306 e. The summed E-state index contributed by atoms with van der Waals surface area (Å²) in [5.74, 6) is 3.85. The summed E-state index contributed by atoms with van der Waals surface area (Å²) in [6.45, 7) is 0. The highest BCUT2D eigenvalue weighted by atomic mass is 16.4. The molecule has 0 aromatic rings. The zero-order valence-corrected chi connectivity index (χ0v) is 19.4. The molecule has 4 aliphatic carbocycles. The molecule has 0 saturated heterocycles. The van der Waals surface area contributed by atoms with E-state index in [2.05, 4.69) is 0 Å². The lowest BCUT2D eigenvalue weighted by molar-refractivity contribution is -0.144. The third-order valence-electron chi connectivity index (χ3n) is 9.90. The Labute approximate surface area is 188 Å². The van der Waals surface area contributed by atoms with Crippen molar-refractivity contribution in [3.8, 4) is 0 Å². The number of carboxylic acid groups (broad SMARTS) is 2. The summed E-state index contributed by atoms with van der Waals surface area (Å²) in [6.07, 6.45) is 20.1. The first-order valence-corrected chi connectivity index (χ1v) is 13.5. The largest absolute Gasteiger partial charge is 0.481 e. The van der Waals surface area contributed by atoms with Crippen molar-refractivity contribution in [2.45, 2.75) is 109 Å². The van der Waals surface area contributed by atoms with E-state index >= 15 is 0 Å². The Bertz CT molecular complexity index is 610. The molecule has 0 radical (unpaired) electrons. The Morgan fingerprint density at radius 2 is 1.45 bits per heavy atom. The first kappa shape index (κ1) is 23.1. The van der Waals surface area contributed by atoms with Gasteiger partial charge in [-0.1, -0.05) is 57.8 Å². The van der Waals surface area contributed by atoms with Crippen molar-refractivity contribution in [1.82, 2.24) is 0 Å². The average molecular weight is 433 g/mol. The van der Waals surface area contributed by atoms with Crippen LogP contribution in [0.2, 0.25) is 0 Å². The van der Waals surface area contributed by atoms with E-state index in [9.17, 15) is 14.7 Å². The van der Waals surface area contributed by atoms with Crippen LogP contribution < -0.4 is 0 Å². The van der Waals surface area contributed by atoms with E-state index in [1.54, 1.807) is 0 Å². The van der Waals surface area contributed by atoms with Crippen LogP contribution in [0.25, 0.3) is 0 Å². The Kier molecular flexibility index (Phi) is 7.98. The first-order chi connectivity index (χ1) is 15.0. The maximum atomic E-state index is 11.7. The van der Waals surface area contributed by atoms with Gasteiger partial charge >= 0.3 is 11.9 Å². The molecule has 0 spiro atoms. The fraction of sp³-hybridized carbons (Fsp3) is 0.926. The predicted octanol–water partition coefficient (Wildman–Crippen LogP) is 6.77. The zero-order valence-electron chi connectivity index (χ0n) is 19.4. The topological polar surface area (TPSA) is 74.6 Å². The van der Waals surface area contributed by atoms with E-state index in [1.165, 1.54) is 77.0 Å². The summed E-state index contributed by atoms with van der Waals surface area (Å²) in [7, 11) is 0. The molecule has 0 aromatic heterocycles. The quantitative estimate of drug-likeness (QED) is 0.444. The normalized spacial score (nSPS) is 39.2. The molecule has 0 amide bonds. The van der Waals surface area contributed by atoms with Crippen molar-refractivity contribution in [2.75, 3.05) is 0 Å². The molecule has 4 nitrogen and oxygen atoms in total. The minimum absolute atomic E-state index is 0.120. The molecule has 4 saturated carbocycles. The summed E-state index contributed by atoms with van der Waals surface area (Å²) in [5.41, 5.74) is 0. The standard InChI is InChI=1S/C27H44O4/c28-26(29)14-11-19-10-13-23-24(15-19)21(12-9-18-5-2-1-3-6-18)17-25(23)20-7-4-8-22(16-20)27(30)31/h18-25H,1-17H2,(H,28,29)(H,30,31)/t19?,20?,21?,22?,23?,24?,25-/m1/s1. The Hall–Kier alpha value is -1.06. The number of carbonyl (C=O) groups is 2. The number of hydrogen-bond acceptors (Lipinski definition) is 2. The third-order valence-corrected chi connectivity index (χ3v) is 9.90. The van der Waals surface area contributed by atoms with Gasteiger partial charge in [-0.15, -0.1) is 0 Å². The van der Waals surface area contributed by atoms with Crippen molar-refractivity contribution in [3.05, 3.63) is 0 Å². The van der Waals surface area contributed by atoms with Crippen molar-refractivity contribution in [1.29, 1.82) is 0 Å². The molecular weight excluding hydrogens is 388 g/mol. The van der Waals surface area contributed by atoms with Gasteiger partial charge in [-0.2, -0.15) is 0 Å². The van der Waals surface area contributed by atoms with Crippen molar-refractivity contribution in [3.63, 3.8) is 0 Å². The van der Waals surface area contributed by atoms with Crippen LogP contribution in [-0.4, -0.2) is 22.2 Å². The molecule has 4 fully saturated rings. The lowest BCUT2D eigenvalue weighted by Crippen LogP contribution is -2.32. The van der Waals surface area contributed by atoms with Crippen LogP contribution in [-0.2, 0) is 9.59 Å². The van der Waals surface area contributed by atoms with Crippen LogP contribution in [0.1, 0.15) is 109 Å². The van der Waals surface area contributed by atoms with Gasteiger partial charge in [-0.3, -0.25) is 9.59 Å². The van der Waals surface area contributed by atoms with Gasteiger partial charge in [0.1, 0.15) is 0 Å². The van der Waals surface area contributed by atoms with Crippen LogP contribution in [0.5, 0.6) is 0 Å². The number of aliphatic carboxylic acids is 2.